The Hall–Kier alpha value is -1.10. The van der Waals surface area contributed by atoms with E-state index in [1.54, 1.807) is 0 Å². The number of nitrogens with one attached hydrogen (secondary N) is 2. The molecule has 5 heteroatoms. The SMILES string of the molecule is CC(C)CCCC(C)NC(=O)CNC(C)C(=O)O. The van der Waals surface area contributed by atoms with Crippen LogP contribution < -0.4 is 10.6 Å². The van der Waals surface area contributed by atoms with Gasteiger partial charge in [0.1, 0.15) is 6.04 Å². The Balaban J connectivity index is 3.70. The smallest absolute Gasteiger partial charge is 0.320 e. The van der Waals surface area contributed by atoms with Crippen LogP contribution in [-0.4, -0.2) is 35.6 Å². The van der Waals surface area contributed by atoms with E-state index < -0.39 is 12.0 Å². The van der Waals surface area contributed by atoms with Gasteiger partial charge in [0, 0.05) is 6.04 Å². The number of carboxylic acid groups (broad SMARTS) is 1. The van der Waals surface area contributed by atoms with E-state index in [0.717, 1.165) is 19.3 Å². The molecule has 106 valence electrons. The lowest BCUT2D eigenvalue weighted by Crippen LogP contribution is -2.43. The van der Waals surface area contributed by atoms with Crippen molar-refractivity contribution in [2.24, 2.45) is 5.92 Å². The fourth-order valence-electron chi connectivity index (χ4n) is 1.56. The second-order valence-corrected chi connectivity index (χ2v) is 5.23. The molecule has 5 nitrogen and oxygen atoms in total. The van der Waals surface area contributed by atoms with Crippen molar-refractivity contribution in [1.29, 1.82) is 0 Å². The summed E-state index contributed by atoms with van der Waals surface area (Å²) in [5, 5.41) is 14.2. The van der Waals surface area contributed by atoms with Crippen molar-refractivity contribution in [2.75, 3.05) is 6.54 Å². The third kappa shape index (κ3) is 8.98. The molecule has 18 heavy (non-hydrogen) atoms. The van der Waals surface area contributed by atoms with Crippen molar-refractivity contribution in [2.45, 2.75) is 59.0 Å². The fraction of sp³-hybridized carbons (Fsp3) is 0.846. The first-order valence-electron chi connectivity index (χ1n) is 6.58. The maximum absolute atomic E-state index is 11.5. The lowest BCUT2D eigenvalue weighted by Gasteiger charge is -2.15. The van der Waals surface area contributed by atoms with E-state index in [1.807, 2.05) is 6.92 Å². The molecule has 0 saturated heterocycles. The molecule has 0 radical (unpaired) electrons. The minimum Gasteiger partial charge on any atom is -0.480 e. The molecule has 0 aromatic heterocycles. The summed E-state index contributed by atoms with van der Waals surface area (Å²) < 4.78 is 0. The minimum atomic E-state index is -0.951. The molecule has 0 spiro atoms. The zero-order valence-electron chi connectivity index (χ0n) is 11.8. The summed E-state index contributed by atoms with van der Waals surface area (Å²) in [5.74, 6) is -0.418. The first-order valence-corrected chi connectivity index (χ1v) is 6.58. The van der Waals surface area contributed by atoms with E-state index in [9.17, 15) is 9.59 Å². The lowest BCUT2D eigenvalue weighted by atomic mass is 10.0. The van der Waals surface area contributed by atoms with Gasteiger partial charge < -0.3 is 10.4 Å². The Kier molecular flexibility index (Phi) is 8.37. The fourth-order valence-corrected chi connectivity index (χ4v) is 1.56. The number of rotatable bonds is 9. The molecule has 3 N–H and O–H groups in total. The van der Waals surface area contributed by atoms with E-state index in [4.69, 9.17) is 5.11 Å². The predicted octanol–water partition coefficient (Wildman–Crippen LogP) is 1.38. The highest BCUT2D eigenvalue weighted by atomic mass is 16.4. The maximum atomic E-state index is 11.5. The topological polar surface area (TPSA) is 78.4 Å². The summed E-state index contributed by atoms with van der Waals surface area (Å²) in [5.41, 5.74) is 0. The normalized spacial score (nSPS) is 14.3. The molecule has 0 aliphatic rings. The van der Waals surface area contributed by atoms with Crippen LogP contribution in [0.5, 0.6) is 0 Å². The zero-order chi connectivity index (χ0) is 14.1. The number of carboxylic acids is 1. The number of carbonyl (C=O) groups is 2. The third-order valence-corrected chi connectivity index (χ3v) is 2.77. The van der Waals surface area contributed by atoms with Crippen molar-refractivity contribution in [3.05, 3.63) is 0 Å². The monoisotopic (exact) mass is 258 g/mol. The van der Waals surface area contributed by atoms with E-state index >= 15 is 0 Å². The summed E-state index contributed by atoms with van der Waals surface area (Å²) in [6, 6.07) is -0.565. The first kappa shape index (κ1) is 16.9. The largest absolute Gasteiger partial charge is 0.480 e. The van der Waals surface area contributed by atoms with Gasteiger partial charge in [-0.2, -0.15) is 0 Å². The molecule has 1 amide bonds. The van der Waals surface area contributed by atoms with Crippen molar-refractivity contribution >= 4 is 11.9 Å². The quantitative estimate of drug-likeness (QED) is 0.584. The molecule has 0 aromatic rings. The molecule has 2 atom stereocenters. The number of amides is 1. The summed E-state index contributed by atoms with van der Waals surface area (Å²) in [4.78, 5) is 22.1. The van der Waals surface area contributed by atoms with E-state index in [-0.39, 0.29) is 18.5 Å². The Morgan fingerprint density at radius 1 is 1.11 bits per heavy atom. The van der Waals surface area contributed by atoms with E-state index in [0.29, 0.717) is 5.92 Å². The van der Waals surface area contributed by atoms with Gasteiger partial charge in [0.25, 0.3) is 0 Å². The lowest BCUT2D eigenvalue weighted by molar-refractivity contribution is -0.139. The van der Waals surface area contributed by atoms with Gasteiger partial charge >= 0.3 is 5.97 Å². The van der Waals surface area contributed by atoms with Gasteiger partial charge in [-0.05, 0) is 26.2 Å². The molecule has 2 unspecified atom stereocenters. The van der Waals surface area contributed by atoms with Crippen LogP contribution in [0.4, 0.5) is 0 Å². The van der Waals surface area contributed by atoms with Crippen LogP contribution >= 0.6 is 0 Å². The third-order valence-electron chi connectivity index (χ3n) is 2.77. The van der Waals surface area contributed by atoms with Gasteiger partial charge in [-0.3, -0.25) is 14.9 Å². The first-order chi connectivity index (χ1) is 8.32. The summed E-state index contributed by atoms with van der Waals surface area (Å²) >= 11 is 0. The zero-order valence-corrected chi connectivity index (χ0v) is 11.8. The molecule has 0 fully saturated rings. The van der Waals surface area contributed by atoms with Crippen molar-refractivity contribution < 1.29 is 14.7 Å². The van der Waals surface area contributed by atoms with Crippen molar-refractivity contribution in [1.82, 2.24) is 10.6 Å². The molecule has 0 rings (SSSR count). The van der Waals surface area contributed by atoms with E-state index in [1.165, 1.54) is 6.92 Å². The van der Waals surface area contributed by atoms with Crippen LogP contribution in [0.1, 0.15) is 47.0 Å². The number of carbonyl (C=O) groups excluding carboxylic acids is 1. The second kappa shape index (κ2) is 8.91. The molecule has 0 saturated carbocycles. The molecular formula is C13H26N2O3. The van der Waals surface area contributed by atoms with Crippen molar-refractivity contribution in [3.63, 3.8) is 0 Å². The van der Waals surface area contributed by atoms with E-state index in [2.05, 4.69) is 24.5 Å². The summed E-state index contributed by atoms with van der Waals surface area (Å²) in [7, 11) is 0. The molecule has 0 aliphatic carbocycles. The molecule has 0 aliphatic heterocycles. The summed E-state index contributed by atoms with van der Waals surface area (Å²) in [6.45, 7) is 7.89. The Bertz CT molecular complexity index is 267. The Labute approximate surface area is 109 Å². The second-order valence-electron chi connectivity index (χ2n) is 5.23. The minimum absolute atomic E-state index is 0.0436. The molecular weight excluding hydrogens is 232 g/mol. The highest BCUT2D eigenvalue weighted by Gasteiger charge is 2.12. The molecule has 0 aromatic carbocycles. The average molecular weight is 258 g/mol. The molecule has 0 bridgehead atoms. The van der Waals surface area contributed by atoms with Crippen LogP contribution in [0, 0.1) is 5.92 Å². The Morgan fingerprint density at radius 2 is 1.72 bits per heavy atom. The van der Waals surface area contributed by atoms with Gasteiger partial charge in [-0.15, -0.1) is 0 Å². The maximum Gasteiger partial charge on any atom is 0.320 e. The predicted molar refractivity (Wildman–Crippen MR) is 71.4 cm³/mol. The average Bonchev–Trinajstić information content (AvgIpc) is 2.24. The molecule has 0 heterocycles. The van der Waals surface area contributed by atoms with Crippen LogP contribution in [0.3, 0.4) is 0 Å². The van der Waals surface area contributed by atoms with Gasteiger partial charge in [0.05, 0.1) is 6.54 Å². The van der Waals surface area contributed by atoms with Gasteiger partial charge in [-0.1, -0.05) is 26.7 Å². The Morgan fingerprint density at radius 3 is 2.22 bits per heavy atom. The van der Waals surface area contributed by atoms with Crippen LogP contribution in [0.25, 0.3) is 0 Å². The van der Waals surface area contributed by atoms with Gasteiger partial charge in [0.15, 0.2) is 0 Å². The van der Waals surface area contributed by atoms with Crippen LogP contribution in [0.2, 0.25) is 0 Å². The summed E-state index contributed by atoms with van der Waals surface area (Å²) in [6.07, 6.45) is 3.21. The number of hydrogen-bond donors (Lipinski definition) is 3. The van der Waals surface area contributed by atoms with Crippen LogP contribution in [0.15, 0.2) is 0 Å². The highest BCUT2D eigenvalue weighted by Crippen LogP contribution is 2.07. The van der Waals surface area contributed by atoms with Gasteiger partial charge in [-0.25, -0.2) is 0 Å². The standard InChI is InChI=1S/C13H26N2O3/c1-9(2)6-5-7-10(3)15-12(16)8-14-11(4)13(17)18/h9-11,14H,5-8H2,1-4H3,(H,15,16)(H,17,18). The van der Waals surface area contributed by atoms with Crippen LogP contribution in [-0.2, 0) is 9.59 Å². The van der Waals surface area contributed by atoms with Crippen molar-refractivity contribution in [3.8, 4) is 0 Å². The van der Waals surface area contributed by atoms with Gasteiger partial charge in [0.2, 0.25) is 5.91 Å². The number of hydrogen-bond acceptors (Lipinski definition) is 3. The highest BCUT2D eigenvalue weighted by molar-refractivity contribution is 5.79. The number of aliphatic carboxylic acids is 1.